The zero-order valence-electron chi connectivity index (χ0n) is 15.4. The van der Waals surface area contributed by atoms with Crippen LogP contribution in [0.1, 0.15) is 11.1 Å². The number of halogens is 2. The third-order valence-electron chi connectivity index (χ3n) is 4.57. The number of fused-ring (bicyclic) bond motifs is 1. The van der Waals surface area contributed by atoms with Crippen molar-refractivity contribution in [3.8, 4) is 5.88 Å². The second-order valence-electron chi connectivity index (χ2n) is 6.50. The highest BCUT2D eigenvalue weighted by atomic mass is 19.1. The van der Waals surface area contributed by atoms with E-state index in [0.29, 0.717) is 23.4 Å². The molecule has 2 aromatic heterocycles. The molecule has 0 saturated carbocycles. The summed E-state index contributed by atoms with van der Waals surface area (Å²) < 4.78 is 28.5. The largest absolute Gasteiger partial charge is 0.494 e. The van der Waals surface area contributed by atoms with Crippen LogP contribution in [0.15, 0.2) is 65.9 Å². The minimum atomic E-state index is -0.472. The number of H-pyrrole nitrogens is 1. The van der Waals surface area contributed by atoms with Gasteiger partial charge in [-0.25, -0.2) is 8.78 Å². The van der Waals surface area contributed by atoms with E-state index >= 15 is 0 Å². The van der Waals surface area contributed by atoms with Crippen LogP contribution in [0, 0.1) is 11.6 Å². The number of hydrogen-bond acceptors (Lipinski definition) is 4. The molecule has 2 heterocycles. The quantitative estimate of drug-likeness (QED) is 0.407. The van der Waals surface area contributed by atoms with Crippen LogP contribution in [0.3, 0.4) is 0 Å². The number of nitrogens with one attached hydrogen (secondary N) is 2. The van der Waals surface area contributed by atoms with Gasteiger partial charge in [-0.15, -0.1) is 0 Å². The zero-order chi connectivity index (χ0) is 20.2. The normalized spacial score (nSPS) is 11.4. The molecule has 0 atom stereocenters. The molecule has 0 unspecified atom stereocenters. The topological polar surface area (TPSA) is 73.3 Å². The smallest absolute Gasteiger partial charge is 0.198 e. The first-order valence-electron chi connectivity index (χ1n) is 9.07. The summed E-state index contributed by atoms with van der Waals surface area (Å²) in [7, 11) is 0. The summed E-state index contributed by atoms with van der Waals surface area (Å²) in [5, 5.41) is 13.3. The van der Waals surface area contributed by atoms with E-state index in [0.717, 1.165) is 12.0 Å². The fraction of sp³-hybridized carbons (Fsp3) is 0.0909. The molecule has 0 aliphatic rings. The van der Waals surface area contributed by atoms with E-state index in [2.05, 4.69) is 20.3 Å². The molecular weight excluding hydrogens is 374 g/mol. The predicted molar refractivity (Wildman–Crippen MR) is 110 cm³/mol. The molecule has 4 rings (SSSR count). The minimum absolute atomic E-state index is 0.191. The zero-order valence-corrected chi connectivity index (χ0v) is 15.4. The SMILES string of the molecule is Oc1[nH]c2cccc(F)c2c1C=Nc1ccc(NCCc2ccncc2)c(F)c1. The minimum Gasteiger partial charge on any atom is -0.494 e. The fourth-order valence-corrected chi connectivity index (χ4v) is 3.10. The van der Waals surface area contributed by atoms with E-state index < -0.39 is 11.6 Å². The third-order valence-corrected chi connectivity index (χ3v) is 4.57. The molecule has 5 nitrogen and oxygen atoms in total. The van der Waals surface area contributed by atoms with Gasteiger partial charge in [-0.1, -0.05) is 6.07 Å². The van der Waals surface area contributed by atoms with Crippen LogP contribution >= 0.6 is 0 Å². The molecule has 0 spiro atoms. The van der Waals surface area contributed by atoms with Gasteiger partial charge >= 0.3 is 0 Å². The lowest BCUT2D eigenvalue weighted by atomic mass is 10.1. The number of benzene rings is 2. The van der Waals surface area contributed by atoms with Crippen molar-refractivity contribution in [3.63, 3.8) is 0 Å². The highest BCUT2D eigenvalue weighted by Gasteiger charge is 2.12. The standard InChI is InChI=1S/C22H18F2N4O/c23-17-2-1-3-20-21(17)16(22(29)28-20)13-27-15-4-5-19(18(24)12-15)26-11-8-14-6-9-25-10-7-14/h1-7,9-10,12-13,26,28-29H,8,11H2. The van der Waals surface area contributed by atoms with Gasteiger partial charge in [-0.05, 0) is 48.4 Å². The van der Waals surface area contributed by atoms with E-state index in [1.807, 2.05) is 12.1 Å². The molecule has 0 radical (unpaired) electrons. The van der Waals surface area contributed by atoms with Gasteiger partial charge in [0.1, 0.15) is 11.6 Å². The first kappa shape index (κ1) is 18.6. The summed E-state index contributed by atoms with van der Waals surface area (Å²) in [6.07, 6.45) is 5.51. The maximum absolute atomic E-state index is 14.4. The molecular formula is C22H18F2N4O. The van der Waals surface area contributed by atoms with Crippen LogP contribution in [-0.4, -0.2) is 27.8 Å². The number of nitrogens with zero attached hydrogens (tertiary/aromatic N) is 2. The average Bonchev–Trinajstić information content (AvgIpc) is 3.05. The Hall–Kier alpha value is -3.74. The van der Waals surface area contributed by atoms with Crippen molar-refractivity contribution in [1.29, 1.82) is 0 Å². The Labute approximate surface area is 165 Å². The summed E-state index contributed by atoms with van der Waals surface area (Å²) in [5.41, 5.74) is 2.52. The van der Waals surface area contributed by atoms with Crippen molar-refractivity contribution in [2.75, 3.05) is 11.9 Å². The molecule has 0 amide bonds. The summed E-state index contributed by atoms with van der Waals surface area (Å²) in [4.78, 5) is 10.8. The second kappa shape index (κ2) is 8.10. The molecule has 0 aliphatic heterocycles. The van der Waals surface area contributed by atoms with Crippen molar-refractivity contribution in [2.24, 2.45) is 4.99 Å². The van der Waals surface area contributed by atoms with Crippen LogP contribution in [0.4, 0.5) is 20.2 Å². The highest BCUT2D eigenvalue weighted by molar-refractivity contribution is 6.02. The first-order chi connectivity index (χ1) is 14.1. The van der Waals surface area contributed by atoms with Gasteiger partial charge < -0.3 is 15.4 Å². The maximum Gasteiger partial charge on any atom is 0.198 e. The van der Waals surface area contributed by atoms with E-state index in [9.17, 15) is 13.9 Å². The summed E-state index contributed by atoms with van der Waals surface area (Å²) in [5.74, 6) is -1.10. The fourth-order valence-electron chi connectivity index (χ4n) is 3.10. The van der Waals surface area contributed by atoms with Crippen molar-refractivity contribution in [3.05, 3.63) is 83.7 Å². The van der Waals surface area contributed by atoms with E-state index in [1.165, 1.54) is 18.3 Å². The van der Waals surface area contributed by atoms with Crippen LogP contribution in [-0.2, 0) is 6.42 Å². The number of aliphatic imine (C=N–C) groups is 1. The Bertz CT molecular complexity index is 1170. The van der Waals surface area contributed by atoms with Crippen molar-refractivity contribution in [2.45, 2.75) is 6.42 Å². The molecule has 0 saturated heterocycles. The molecule has 0 bridgehead atoms. The number of pyridine rings is 1. The number of hydrogen-bond donors (Lipinski definition) is 3. The molecule has 0 aliphatic carbocycles. The van der Waals surface area contributed by atoms with E-state index in [-0.39, 0.29) is 16.8 Å². The Morgan fingerprint density at radius 2 is 1.90 bits per heavy atom. The van der Waals surface area contributed by atoms with Gasteiger partial charge in [-0.3, -0.25) is 9.98 Å². The molecule has 146 valence electrons. The van der Waals surface area contributed by atoms with Gasteiger partial charge in [0, 0.05) is 36.6 Å². The third kappa shape index (κ3) is 4.08. The average molecular weight is 392 g/mol. The lowest BCUT2D eigenvalue weighted by Crippen LogP contribution is -2.06. The first-order valence-corrected chi connectivity index (χ1v) is 9.07. The summed E-state index contributed by atoms with van der Waals surface area (Å²) >= 11 is 0. The highest BCUT2D eigenvalue weighted by Crippen LogP contribution is 2.29. The number of aromatic nitrogens is 2. The van der Waals surface area contributed by atoms with Crippen LogP contribution < -0.4 is 5.32 Å². The molecule has 7 heteroatoms. The molecule has 0 fully saturated rings. The second-order valence-corrected chi connectivity index (χ2v) is 6.50. The Kier molecular flexibility index (Phi) is 5.20. The van der Waals surface area contributed by atoms with Gasteiger partial charge in [-0.2, -0.15) is 0 Å². The predicted octanol–water partition coefficient (Wildman–Crippen LogP) is 4.95. The molecule has 4 aromatic rings. The summed E-state index contributed by atoms with van der Waals surface area (Å²) in [6, 6.07) is 12.9. The van der Waals surface area contributed by atoms with Crippen LogP contribution in [0.2, 0.25) is 0 Å². The number of rotatable bonds is 6. The van der Waals surface area contributed by atoms with Gasteiger partial charge in [0.05, 0.1) is 22.5 Å². The molecule has 3 N–H and O–H groups in total. The lowest BCUT2D eigenvalue weighted by molar-refractivity contribution is 0.457. The molecule has 2 aromatic carbocycles. The maximum atomic E-state index is 14.4. The van der Waals surface area contributed by atoms with Gasteiger partial charge in [0.25, 0.3) is 0 Å². The van der Waals surface area contributed by atoms with Crippen molar-refractivity contribution >= 4 is 28.5 Å². The lowest BCUT2D eigenvalue weighted by Gasteiger charge is -2.08. The van der Waals surface area contributed by atoms with Gasteiger partial charge in [0.2, 0.25) is 0 Å². The molecule has 29 heavy (non-hydrogen) atoms. The Balaban J connectivity index is 1.48. The van der Waals surface area contributed by atoms with Crippen molar-refractivity contribution < 1.29 is 13.9 Å². The monoisotopic (exact) mass is 392 g/mol. The van der Waals surface area contributed by atoms with Crippen LogP contribution in [0.25, 0.3) is 10.9 Å². The number of anilines is 1. The Morgan fingerprint density at radius 1 is 1.07 bits per heavy atom. The number of aromatic hydroxyl groups is 1. The number of aromatic amines is 1. The van der Waals surface area contributed by atoms with Crippen molar-refractivity contribution in [1.82, 2.24) is 9.97 Å². The Morgan fingerprint density at radius 3 is 2.69 bits per heavy atom. The van der Waals surface area contributed by atoms with E-state index in [4.69, 9.17) is 0 Å². The van der Waals surface area contributed by atoms with Gasteiger partial charge in [0.15, 0.2) is 5.88 Å². The van der Waals surface area contributed by atoms with Crippen LogP contribution in [0.5, 0.6) is 5.88 Å². The summed E-state index contributed by atoms with van der Waals surface area (Å²) in [6.45, 7) is 0.575. The van der Waals surface area contributed by atoms with E-state index in [1.54, 1.807) is 36.7 Å².